The highest BCUT2D eigenvalue weighted by molar-refractivity contribution is 7.10. The fourth-order valence-corrected chi connectivity index (χ4v) is 5.89. The van der Waals surface area contributed by atoms with Gasteiger partial charge in [0.2, 0.25) is 0 Å². The van der Waals surface area contributed by atoms with Crippen LogP contribution in [0.5, 0.6) is 5.75 Å². The molecule has 7 nitrogen and oxygen atoms in total. The number of hydrogen-bond donors (Lipinski definition) is 1. The van der Waals surface area contributed by atoms with Crippen LogP contribution in [-0.4, -0.2) is 46.6 Å². The Balaban J connectivity index is 1.39. The summed E-state index contributed by atoms with van der Waals surface area (Å²) in [5.74, 6) is 0.575. The summed E-state index contributed by atoms with van der Waals surface area (Å²) in [7, 11) is 1.88. The molecule has 0 saturated heterocycles. The van der Waals surface area contributed by atoms with Gasteiger partial charge in [-0.1, -0.05) is 12.8 Å². The molecule has 1 aromatic carbocycles. The van der Waals surface area contributed by atoms with Gasteiger partial charge in [-0.25, -0.2) is 4.79 Å². The van der Waals surface area contributed by atoms with Crippen LogP contribution in [0.25, 0.3) is 10.4 Å². The first-order chi connectivity index (χ1) is 16.8. The summed E-state index contributed by atoms with van der Waals surface area (Å²) in [6.45, 7) is 5.68. The summed E-state index contributed by atoms with van der Waals surface area (Å²) in [6, 6.07) is 8.16. The average molecular weight is 500 g/mol. The first kappa shape index (κ1) is 25.5. The molecule has 2 atom stereocenters. The quantitative estimate of drug-likeness (QED) is 0.445. The second-order valence-corrected chi connectivity index (χ2v) is 10.8. The molecule has 1 N–H and O–H groups in total. The predicted octanol–water partition coefficient (Wildman–Crippen LogP) is 6.41. The Morgan fingerprint density at radius 2 is 1.80 bits per heavy atom. The number of amides is 2. The zero-order chi connectivity index (χ0) is 24.9. The molecule has 0 bridgehead atoms. The van der Waals surface area contributed by atoms with Crippen molar-refractivity contribution in [1.29, 1.82) is 0 Å². The van der Waals surface area contributed by atoms with Crippen LogP contribution in [0.15, 0.2) is 24.3 Å². The normalized spacial score (nSPS) is 20.6. The molecule has 1 aromatic heterocycles. The minimum Gasteiger partial charge on any atom is -0.490 e. The first-order valence-electron chi connectivity index (χ1n) is 12.8. The fourth-order valence-electron chi connectivity index (χ4n) is 5.04. The lowest BCUT2D eigenvalue weighted by Gasteiger charge is -2.29. The highest BCUT2D eigenvalue weighted by Gasteiger charge is 2.30. The Kier molecular flexibility index (Phi) is 8.31. The van der Waals surface area contributed by atoms with E-state index in [0.29, 0.717) is 12.5 Å². The van der Waals surface area contributed by atoms with Crippen LogP contribution >= 0.6 is 11.5 Å². The molecule has 2 amide bonds. The molecule has 2 aliphatic rings. The molecule has 0 radical (unpaired) electrons. The molecule has 0 aliphatic heterocycles. The lowest BCUT2D eigenvalue weighted by Crippen LogP contribution is -2.38. The van der Waals surface area contributed by atoms with Crippen molar-refractivity contribution < 1.29 is 19.1 Å². The molecule has 190 valence electrons. The van der Waals surface area contributed by atoms with Crippen molar-refractivity contribution in [1.82, 2.24) is 9.27 Å². The van der Waals surface area contributed by atoms with Gasteiger partial charge in [-0.2, -0.15) is 4.37 Å². The summed E-state index contributed by atoms with van der Waals surface area (Å²) in [5.41, 5.74) is 2.58. The van der Waals surface area contributed by atoms with Gasteiger partial charge in [0, 0.05) is 13.1 Å². The van der Waals surface area contributed by atoms with E-state index >= 15 is 0 Å². The van der Waals surface area contributed by atoms with E-state index in [1.165, 1.54) is 24.4 Å². The summed E-state index contributed by atoms with van der Waals surface area (Å²) in [5, 5.41) is 3.10. The Hall–Kier alpha value is -2.61. The lowest BCUT2D eigenvalue weighted by molar-refractivity contribution is -0.154. The van der Waals surface area contributed by atoms with Crippen molar-refractivity contribution >= 4 is 29.2 Å². The van der Waals surface area contributed by atoms with Gasteiger partial charge in [0.05, 0.1) is 34.4 Å². The van der Waals surface area contributed by atoms with Gasteiger partial charge in [-0.15, -0.1) is 0 Å². The average Bonchev–Trinajstić information content (AvgIpc) is 3.50. The van der Waals surface area contributed by atoms with Crippen molar-refractivity contribution in [3.63, 3.8) is 0 Å². The molecule has 2 fully saturated rings. The molecule has 2 saturated carbocycles. The minimum absolute atomic E-state index is 0.00550. The van der Waals surface area contributed by atoms with Crippen LogP contribution in [0.3, 0.4) is 0 Å². The SMILES string of the molecule is Cc1nsc(-c2ccc(O[C@H]3CCC[C@H](C(=O)OC(C)C)C3)cc2)c1NC(=O)N(C)C1CCCC1. The van der Waals surface area contributed by atoms with Gasteiger partial charge in [-0.05, 0) is 101 Å². The van der Waals surface area contributed by atoms with Gasteiger partial charge in [-0.3, -0.25) is 4.79 Å². The molecule has 2 aromatic rings. The number of anilines is 1. The zero-order valence-corrected chi connectivity index (χ0v) is 22.0. The number of nitrogens with zero attached hydrogens (tertiary/aromatic N) is 2. The summed E-state index contributed by atoms with van der Waals surface area (Å²) in [6.07, 6.45) is 7.86. The van der Waals surface area contributed by atoms with Gasteiger partial charge < -0.3 is 19.7 Å². The Morgan fingerprint density at radius 1 is 1.09 bits per heavy atom. The maximum absolute atomic E-state index is 12.9. The largest absolute Gasteiger partial charge is 0.490 e. The second-order valence-electron chi connectivity index (χ2n) is 10.1. The third-order valence-corrected chi connectivity index (χ3v) is 8.01. The molecule has 0 unspecified atom stereocenters. The molecule has 8 heteroatoms. The van der Waals surface area contributed by atoms with Gasteiger partial charge in [0.25, 0.3) is 0 Å². The van der Waals surface area contributed by atoms with Crippen molar-refractivity contribution in [3.05, 3.63) is 30.0 Å². The monoisotopic (exact) mass is 499 g/mol. The molecule has 35 heavy (non-hydrogen) atoms. The van der Waals surface area contributed by atoms with Crippen molar-refractivity contribution in [2.45, 2.75) is 90.4 Å². The number of urea groups is 1. The summed E-state index contributed by atoms with van der Waals surface area (Å²) in [4.78, 5) is 28.0. The van der Waals surface area contributed by atoms with Gasteiger partial charge in [0.1, 0.15) is 5.75 Å². The third-order valence-electron chi connectivity index (χ3n) is 7.02. The minimum atomic E-state index is -0.114. The standard InChI is InChI=1S/C27H37N3O4S/c1-17(2)33-26(31)20-8-7-11-23(16-20)34-22-14-12-19(13-15-22)25-24(18(3)29-35-25)28-27(32)30(4)21-9-5-6-10-21/h12-15,17,20-21,23H,5-11,16H2,1-4H3,(H,28,32)/t20-,23-/m0/s1. The smallest absolute Gasteiger partial charge is 0.321 e. The highest BCUT2D eigenvalue weighted by atomic mass is 32.1. The number of aromatic nitrogens is 1. The Bertz CT molecular complexity index is 1010. The number of hydrogen-bond acceptors (Lipinski definition) is 6. The van der Waals surface area contributed by atoms with E-state index in [1.54, 1.807) is 0 Å². The molecule has 0 spiro atoms. The number of rotatable bonds is 7. The summed E-state index contributed by atoms with van der Waals surface area (Å²) >= 11 is 1.39. The number of ether oxygens (including phenoxy) is 2. The maximum Gasteiger partial charge on any atom is 0.321 e. The third kappa shape index (κ3) is 6.34. The highest BCUT2D eigenvalue weighted by Crippen LogP contribution is 2.37. The van der Waals surface area contributed by atoms with E-state index in [1.807, 2.05) is 57.0 Å². The number of aryl methyl sites for hydroxylation is 1. The molecular weight excluding hydrogens is 462 g/mol. The van der Waals surface area contributed by atoms with Crippen LogP contribution < -0.4 is 10.1 Å². The maximum atomic E-state index is 12.9. The van der Waals surface area contributed by atoms with E-state index in [4.69, 9.17) is 9.47 Å². The van der Waals surface area contributed by atoms with Crippen molar-refractivity contribution in [3.8, 4) is 16.2 Å². The molecular formula is C27H37N3O4S. The topological polar surface area (TPSA) is 80.8 Å². The van der Waals surface area contributed by atoms with Crippen LogP contribution in [0.2, 0.25) is 0 Å². The van der Waals surface area contributed by atoms with Crippen LogP contribution in [0, 0.1) is 12.8 Å². The van der Waals surface area contributed by atoms with E-state index in [9.17, 15) is 9.59 Å². The van der Waals surface area contributed by atoms with Crippen LogP contribution in [0.4, 0.5) is 10.5 Å². The first-order valence-corrected chi connectivity index (χ1v) is 13.6. The van der Waals surface area contributed by atoms with E-state index in [2.05, 4.69) is 9.69 Å². The van der Waals surface area contributed by atoms with Gasteiger partial charge in [0.15, 0.2) is 0 Å². The number of carbonyl (C=O) groups is 2. The van der Waals surface area contributed by atoms with E-state index < -0.39 is 0 Å². The van der Waals surface area contributed by atoms with Crippen LogP contribution in [-0.2, 0) is 9.53 Å². The lowest BCUT2D eigenvalue weighted by atomic mass is 9.87. The molecule has 1 heterocycles. The van der Waals surface area contributed by atoms with Crippen molar-refractivity contribution in [2.75, 3.05) is 12.4 Å². The van der Waals surface area contributed by atoms with Gasteiger partial charge >= 0.3 is 12.0 Å². The fraction of sp³-hybridized carbons (Fsp3) is 0.593. The number of benzene rings is 1. The Labute approximate surface area is 212 Å². The predicted molar refractivity (Wildman–Crippen MR) is 139 cm³/mol. The van der Waals surface area contributed by atoms with E-state index in [-0.39, 0.29) is 30.1 Å². The summed E-state index contributed by atoms with van der Waals surface area (Å²) < 4.78 is 16.1. The molecule has 2 aliphatic carbocycles. The Morgan fingerprint density at radius 3 is 2.49 bits per heavy atom. The van der Waals surface area contributed by atoms with Crippen molar-refractivity contribution in [2.24, 2.45) is 5.92 Å². The number of carbonyl (C=O) groups excluding carboxylic acids is 2. The van der Waals surface area contributed by atoms with E-state index in [0.717, 1.165) is 59.7 Å². The number of nitrogens with one attached hydrogen (secondary N) is 1. The molecule has 4 rings (SSSR count). The second kappa shape index (κ2) is 11.4. The zero-order valence-electron chi connectivity index (χ0n) is 21.2. The van der Waals surface area contributed by atoms with Crippen LogP contribution in [0.1, 0.15) is 70.9 Å². The number of esters is 1.